The molecule has 3 aromatic rings. The van der Waals surface area contributed by atoms with Crippen LogP contribution in [0.1, 0.15) is 16.1 Å². The number of hydrogen-bond donors (Lipinski definition) is 2. The molecule has 0 bridgehead atoms. The number of nitrogens with one attached hydrogen (secondary N) is 2. The lowest BCUT2D eigenvalue weighted by Crippen LogP contribution is -2.21. The number of halogens is 1. The standard InChI is InChI=1S/C16H12BrN3O2/c1-9-3-2-4-14(19-9)20-16(21)12-8-10-7-11(17)5-6-13(10)22-15(12)18/h2-8,18H,1H3,(H,19,20,21). The average molecular weight is 358 g/mol. The topological polar surface area (TPSA) is 79.0 Å². The van der Waals surface area contributed by atoms with Gasteiger partial charge in [0.25, 0.3) is 5.91 Å². The summed E-state index contributed by atoms with van der Waals surface area (Å²) in [5.74, 6) is 0.0208. The van der Waals surface area contributed by atoms with Crippen molar-refractivity contribution >= 4 is 38.6 Å². The van der Waals surface area contributed by atoms with Gasteiger partial charge in [-0.05, 0) is 43.3 Å². The molecule has 2 N–H and O–H groups in total. The van der Waals surface area contributed by atoms with Crippen molar-refractivity contribution in [2.45, 2.75) is 6.92 Å². The minimum atomic E-state index is -0.422. The predicted molar refractivity (Wildman–Crippen MR) is 86.7 cm³/mol. The van der Waals surface area contributed by atoms with Gasteiger partial charge in [-0.1, -0.05) is 22.0 Å². The van der Waals surface area contributed by atoms with Crippen LogP contribution in [0.25, 0.3) is 11.0 Å². The van der Waals surface area contributed by atoms with E-state index in [-0.39, 0.29) is 11.1 Å². The number of pyridine rings is 1. The van der Waals surface area contributed by atoms with E-state index in [9.17, 15) is 4.79 Å². The second-order valence-electron chi connectivity index (χ2n) is 4.79. The number of rotatable bonds is 2. The summed E-state index contributed by atoms with van der Waals surface area (Å²) in [7, 11) is 0. The van der Waals surface area contributed by atoms with Gasteiger partial charge in [0.2, 0.25) is 5.55 Å². The Labute approximate surface area is 134 Å². The SMILES string of the molecule is Cc1cccc(NC(=O)c2cc3cc(Br)ccc3oc2=N)n1. The zero-order chi connectivity index (χ0) is 15.7. The molecule has 110 valence electrons. The molecule has 0 saturated heterocycles. The Hall–Kier alpha value is -2.47. The molecule has 0 atom stereocenters. The molecule has 0 aliphatic rings. The van der Waals surface area contributed by atoms with Crippen LogP contribution in [0.4, 0.5) is 5.82 Å². The van der Waals surface area contributed by atoms with Crippen molar-refractivity contribution in [1.82, 2.24) is 4.98 Å². The summed E-state index contributed by atoms with van der Waals surface area (Å²) in [6.07, 6.45) is 0. The smallest absolute Gasteiger partial charge is 0.262 e. The number of amides is 1. The second kappa shape index (κ2) is 5.73. The quantitative estimate of drug-likeness (QED) is 0.734. The highest BCUT2D eigenvalue weighted by Crippen LogP contribution is 2.19. The van der Waals surface area contributed by atoms with Crippen LogP contribution in [0.3, 0.4) is 0 Å². The van der Waals surface area contributed by atoms with Gasteiger partial charge < -0.3 is 9.73 Å². The molecule has 0 aliphatic heterocycles. The number of nitrogens with zero attached hydrogens (tertiary/aromatic N) is 1. The molecule has 3 rings (SSSR count). The molecule has 2 heterocycles. The van der Waals surface area contributed by atoms with Crippen LogP contribution in [-0.4, -0.2) is 10.9 Å². The van der Waals surface area contributed by atoms with Gasteiger partial charge >= 0.3 is 0 Å². The summed E-state index contributed by atoms with van der Waals surface area (Å²) in [5.41, 5.74) is 1.34. The van der Waals surface area contributed by atoms with Gasteiger partial charge in [0.15, 0.2) is 0 Å². The second-order valence-corrected chi connectivity index (χ2v) is 5.71. The highest BCUT2D eigenvalue weighted by atomic mass is 79.9. The zero-order valence-electron chi connectivity index (χ0n) is 11.7. The maximum atomic E-state index is 12.3. The van der Waals surface area contributed by atoms with Crippen molar-refractivity contribution in [2.75, 3.05) is 5.32 Å². The molecule has 0 radical (unpaired) electrons. The molecule has 0 spiro atoms. The predicted octanol–water partition coefficient (Wildman–Crippen LogP) is 3.63. The first kappa shape index (κ1) is 14.5. The van der Waals surface area contributed by atoms with Crippen LogP contribution in [0.2, 0.25) is 0 Å². The summed E-state index contributed by atoms with van der Waals surface area (Å²) in [4.78, 5) is 16.5. The van der Waals surface area contributed by atoms with Crippen LogP contribution in [0, 0.1) is 12.3 Å². The van der Waals surface area contributed by atoms with Crippen LogP contribution >= 0.6 is 15.9 Å². The van der Waals surface area contributed by atoms with E-state index in [4.69, 9.17) is 9.83 Å². The van der Waals surface area contributed by atoms with Gasteiger partial charge in [-0.2, -0.15) is 0 Å². The molecular weight excluding hydrogens is 346 g/mol. The van der Waals surface area contributed by atoms with Gasteiger partial charge in [-0.3, -0.25) is 10.2 Å². The molecule has 2 aromatic heterocycles. The molecule has 6 heteroatoms. The first-order valence-corrected chi connectivity index (χ1v) is 7.35. The molecule has 22 heavy (non-hydrogen) atoms. The van der Waals surface area contributed by atoms with Gasteiger partial charge in [0.1, 0.15) is 17.0 Å². The summed E-state index contributed by atoms with van der Waals surface area (Å²) in [6.45, 7) is 1.84. The normalized spacial score (nSPS) is 10.6. The van der Waals surface area contributed by atoms with E-state index in [2.05, 4.69) is 26.2 Å². The van der Waals surface area contributed by atoms with E-state index in [1.807, 2.05) is 25.1 Å². The van der Waals surface area contributed by atoms with Crippen molar-refractivity contribution in [3.63, 3.8) is 0 Å². The van der Waals surface area contributed by atoms with Crippen LogP contribution in [0.15, 0.2) is 51.4 Å². The van der Waals surface area contributed by atoms with Crippen LogP contribution < -0.4 is 10.9 Å². The lowest BCUT2D eigenvalue weighted by molar-refractivity contribution is 0.102. The van der Waals surface area contributed by atoms with Crippen molar-refractivity contribution in [3.05, 3.63) is 63.7 Å². The van der Waals surface area contributed by atoms with Gasteiger partial charge in [0, 0.05) is 15.6 Å². The lowest BCUT2D eigenvalue weighted by Gasteiger charge is -2.06. The number of aryl methyl sites for hydroxylation is 1. The van der Waals surface area contributed by atoms with Crippen molar-refractivity contribution in [1.29, 1.82) is 5.41 Å². The van der Waals surface area contributed by atoms with Crippen molar-refractivity contribution < 1.29 is 9.21 Å². The maximum Gasteiger partial charge on any atom is 0.262 e. The fourth-order valence-corrected chi connectivity index (χ4v) is 2.45. The molecule has 0 unspecified atom stereocenters. The summed E-state index contributed by atoms with van der Waals surface area (Å²) >= 11 is 3.38. The third-order valence-corrected chi connectivity index (χ3v) is 3.60. The fourth-order valence-electron chi connectivity index (χ4n) is 2.08. The number of carbonyl (C=O) groups is 1. The third-order valence-electron chi connectivity index (χ3n) is 3.10. The number of benzene rings is 1. The fraction of sp³-hybridized carbons (Fsp3) is 0.0625. The first-order chi connectivity index (χ1) is 10.5. The van der Waals surface area contributed by atoms with Crippen molar-refractivity contribution in [3.8, 4) is 0 Å². The Kier molecular flexibility index (Phi) is 3.77. The Bertz CT molecular complexity index is 934. The lowest BCUT2D eigenvalue weighted by atomic mass is 10.2. The van der Waals surface area contributed by atoms with E-state index in [1.165, 1.54) is 0 Å². The largest absolute Gasteiger partial charge is 0.438 e. The van der Waals surface area contributed by atoms with Crippen LogP contribution in [0.5, 0.6) is 0 Å². The molecule has 1 amide bonds. The Morgan fingerprint density at radius 1 is 1.27 bits per heavy atom. The summed E-state index contributed by atoms with van der Waals surface area (Å²) in [6, 6.07) is 12.4. The number of anilines is 1. The molecule has 0 saturated carbocycles. The van der Waals surface area contributed by atoms with Gasteiger partial charge in [-0.25, -0.2) is 4.98 Å². The monoisotopic (exact) mass is 357 g/mol. The number of fused-ring (bicyclic) bond motifs is 1. The molecule has 5 nitrogen and oxygen atoms in total. The molecule has 0 fully saturated rings. The van der Waals surface area contributed by atoms with E-state index in [1.54, 1.807) is 24.3 Å². The molecule has 0 aliphatic carbocycles. The minimum Gasteiger partial charge on any atom is -0.438 e. The Morgan fingerprint density at radius 3 is 2.86 bits per heavy atom. The Morgan fingerprint density at radius 2 is 2.09 bits per heavy atom. The zero-order valence-corrected chi connectivity index (χ0v) is 13.3. The van der Waals surface area contributed by atoms with Gasteiger partial charge in [-0.15, -0.1) is 0 Å². The van der Waals surface area contributed by atoms with E-state index in [0.717, 1.165) is 15.6 Å². The van der Waals surface area contributed by atoms with E-state index < -0.39 is 5.91 Å². The molecular formula is C16H12BrN3O2. The first-order valence-electron chi connectivity index (χ1n) is 6.56. The highest BCUT2D eigenvalue weighted by Gasteiger charge is 2.12. The van der Waals surface area contributed by atoms with E-state index >= 15 is 0 Å². The Balaban J connectivity index is 2.00. The molecule has 1 aromatic carbocycles. The third kappa shape index (κ3) is 2.92. The number of aromatic nitrogens is 1. The van der Waals surface area contributed by atoms with E-state index in [0.29, 0.717) is 11.4 Å². The maximum absolute atomic E-state index is 12.3. The van der Waals surface area contributed by atoms with Gasteiger partial charge in [0.05, 0.1) is 0 Å². The highest BCUT2D eigenvalue weighted by molar-refractivity contribution is 9.10. The average Bonchev–Trinajstić information content (AvgIpc) is 2.47. The minimum absolute atomic E-state index is 0.161. The van der Waals surface area contributed by atoms with Crippen LogP contribution in [-0.2, 0) is 0 Å². The number of carbonyl (C=O) groups excluding carboxylic acids is 1. The number of hydrogen-bond acceptors (Lipinski definition) is 4. The summed E-state index contributed by atoms with van der Waals surface area (Å²) in [5, 5.41) is 11.3. The van der Waals surface area contributed by atoms with Crippen molar-refractivity contribution in [2.24, 2.45) is 0 Å². The summed E-state index contributed by atoms with van der Waals surface area (Å²) < 4.78 is 6.27.